The Bertz CT molecular complexity index is 361. The molecule has 3 nitrogen and oxygen atoms in total. The van der Waals surface area contributed by atoms with Crippen LogP contribution in [0.4, 0.5) is 0 Å². The van der Waals surface area contributed by atoms with Crippen molar-refractivity contribution in [3.8, 4) is 0 Å². The minimum Gasteiger partial charge on any atom is -0.375 e. The Hall–Kier alpha value is -0.830. The summed E-state index contributed by atoms with van der Waals surface area (Å²) in [5.41, 5.74) is 1.58. The van der Waals surface area contributed by atoms with Gasteiger partial charge < -0.3 is 9.80 Å². The predicted molar refractivity (Wildman–Crippen MR) is 106 cm³/mol. The molecule has 0 atom stereocenters. The smallest absolute Gasteiger partial charge is 0.134 e. The van der Waals surface area contributed by atoms with Crippen LogP contribution in [0.2, 0.25) is 0 Å². The van der Waals surface area contributed by atoms with E-state index in [0.29, 0.717) is 17.6 Å². The molecule has 0 spiro atoms. The van der Waals surface area contributed by atoms with E-state index in [1.165, 1.54) is 12.1 Å². The van der Waals surface area contributed by atoms with E-state index in [9.17, 15) is 4.79 Å². The first-order valence-electron chi connectivity index (χ1n) is 9.81. The number of carbonyl (C=O) groups excluding carboxylic acids is 1. The SMILES string of the molecule is C=C(CCC(C)(C)CC)N(CCCN(C)C)CCC(=O)CCCC. The quantitative estimate of drug-likeness (QED) is 0.414. The minimum absolute atomic E-state index is 0.370. The van der Waals surface area contributed by atoms with E-state index in [1.807, 2.05) is 0 Å². The zero-order valence-corrected chi connectivity index (χ0v) is 17.3. The number of hydrogen-bond acceptors (Lipinski definition) is 3. The van der Waals surface area contributed by atoms with Gasteiger partial charge in [-0.15, -0.1) is 0 Å². The Labute approximate surface area is 151 Å². The van der Waals surface area contributed by atoms with Crippen molar-refractivity contribution in [1.82, 2.24) is 9.80 Å². The monoisotopic (exact) mass is 338 g/mol. The molecule has 0 aromatic carbocycles. The largest absolute Gasteiger partial charge is 0.375 e. The molecule has 0 saturated heterocycles. The fourth-order valence-corrected chi connectivity index (χ4v) is 2.58. The van der Waals surface area contributed by atoms with Crippen LogP contribution in [0.3, 0.4) is 0 Å². The maximum Gasteiger partial charge on any atom is 0.134 e. The second kappa shape index (κ2) is 12.5. The molecule has 3 heteroatoms. The lowest BCUT2D eigenvalue weighted by molar-refractivity contribution is -0.119. The van der Waals surface area contributed by atoms with Crippen molar-refractivity contribution in [2.45, 2.75) is 79.1 Å². The van der Waals surface area contributed by atoms with Crippen molar-refractivity contribution >= 4 is 5.78 Å². The molecule has 0 bridgehead atoms. The molecule has 0 aliphatic heterocycles. The molecule has 0 N–H and O–H groups in total. The fourth-order valence-electron chi connectivity index (χ4n) is 2.58. The van der Waals surface area contributed by atoms with Crippen LogP contribution < -0.4 is 0 Å². The highest BCUT2D eigenvalue weighted by atomic mass is 16.1. The van der Waals surface area contributed by atoms with Crippen molar-refractivity contribution in [1.29, 1.82) is 0 Å². The molecule has 24 heavy (non-hydrogen) atoms. The van der Waals surface area contributed by atoms with E-state index in [2.05, 4.69) is 58.2 Å². The van der Waals surface area contributed by atoms with Crippen LogP contribution in [0.5, 0.6) is 0 Å². The second-order valence-corrected chi connectivity index (χ2v) is 8.12. The summed E-state index contributed by atoms with van der Waals surface area (Å²) >= 11 is 0. The highest BCUT2D eigenvalue weighted by molar-refractivity contribution is 5.78. The van der Waals surface area contributed by atoms with Gasteiger partial charge in [0.25, 0.3) is 0 Å². The molecule has 0 aliphatic rings. The maximum atomic E-state index is 12.0. The van der Waals surface area contributed by atoms with Crippen LogP contribution >= 0.6 is 0 Å². The van der Waals surface area contributed by atoms with Gasteiger partial charge in [0, 0.05) is 31.6 Å². The van der Waals surface area contributed by atoms with Gasteiger partial charge in [-0.25, -0.2) is 0 Å². The standard InChI is InChI=1S/C21H42N2O/c1-8-10-12-20(24)14-18-23(17-11-16-22(6)7)19(3)13-15-21(4,5)9-2/h3,8-18H2,1-2,4-7H3. The van der Waals surface area contributed by atoms with Crippen LogP contribution in [0, 0.1) is 5.41 Å². The van der Waals surface area contributed by atoms with Crippen LogP contribution in [0.1, 0.15) is 79.1 Å². The normalized spacial score (nSPS) is 11.8. The molecule has 0 aliphatic carbocycles. The van der Waals surface area contributed by atoms with Gasteiger partial charge in [-0.2, -0.15) is 0 Å². The van der Waals surface area contributed by atoms with Crippen molar-refractivity contribution in [3.05, 3.63) is 12.3 Å². The van der Waals surface area contributed by atoms with E-state index >= 15 is 0 Å². The third-order valence-electron chi connectivity index (χ3n) is 5.00. The average Bonchev–Trinajstić information content (AvgIpc) is 2.53. The fraction of sp³-hybridized carbons (Fsp3) is 0.857. The van der Waals surface area contributed by atoms with Gasteiger partial charge in [-0.1, -0.05) is 47.1 Å². The summed E-state index contributed by atoms with van der Waals surface area (Å²) in [5.74, 6) is 0.399. The van der Waals surface area contributed by atoms with Crippen molar-refractivity contribution in [3.63, 3.8) is 0 Å². The molecule has 0 rings (SSSR count). The van der Waals surface area contributed by atoms with Crippen molar-refractivity contribution in [2.24, 2.45) is 5.41 Å². The Morgan fingerprint density at radius 1 is 0.958 bits per heavy atom. The van der Waals surface area contributed by atoms with Crippen LogP contribution in [0.15, 0.2) is 12.3 Å². The highest BCUT2D eigenvalue weighted by Gasteiger charge is 2.17. The number of allylic oxidation sites excluding steroid dienone is 1. The van der Waals surface area contributed by atoms with E-state index in [1.54, 1.807) is 0 Å². The number of ketones is 1. The number of Topliss-reactive ketones (excluding diaryl/α,β-unsaturated/α-hetero) is 1. The first-order chi connectivity index (χ1) is 11.2. The zero-order chi connectivity index (χ0) is 18.6. The van der Waals surface area contributed by atoms with Gasteiger partial charge in [0.05, 0.1) is 0 Å². The first kappa shape index (κ1) is 23.2. The molecule has 0 radical (unpaired) electrons. The molecule has 0 aromatic heterocycles. The molecule has 0 fully saturated rings. The third-order valence-corrected chi connectivity index (χ3v) is 5.00. The van der Waals surface area contributed by atoms with E-state index in [0.717, 1.165) is 58.2 Å². The number of nitrogens with zero attached hydrogens (tertiary/aromatic N) is 2. The molecule has 142 valence electrons. The Kier molecular flexibility index (Phi) is 12.1. The molecular weight excluding hydrogens is 296 g/mol. The second-order valence-electron chi connectivity index (χ2n) is 8.12. The lowest BCUT2D eigenvalue weighted by Gasteiger charge is -2.30. The molecule has 0 heterocycles. The van der Waals surface area contributed by atoms with Gasteiger partial charge >= 0.3 is 0 Å². The average molecular weight is 339 g/mol. The van der Waals surface area contributed by atoms with Crippen LogP contribution in [-0.2, 0) is 4.79 Å². The Morgan fingerprint density at radius 3 is 2.17 bits per heavy atom. The van der Waals surface area contributed by atoms with Gasteiger partial charge in [0.2, 0.25) is 0 Å². The van der Waals surface area contributed by atoms with Crippen molar-refractivity contribution < 1.29 is 4.79 Å². The number of rotatable bonds is 15. The van der Waals surface area contributed by atoms with E-state index in [4.69, 9.17) is 0 Å². The lowest BCUT2D eigenvalue weighted by Crippen LogP contribution is -2.29. The topological polar surface area (TPSA) is 23.6 Å². The molecule has 0 amide bonds. The van der Waals surface area contributed by atoms with Gasteiger partial charge in [0.15, 0.2) is 0 Å². The van der Waals surface area contributed by atoms with Gasteiger partial charge in [-0.05, 0) is 51.7 Å². The zero-order valence-electron chi connectivity index (χ0n) is 17.3. The molecular formula is C21H42N2O. The number of hydrogen-bond donors (Lipinski definition) is 0. The minimum atomic E-state index is 0.370. The third kappa shape index (κ3) is 11.7. The molecule has 0 unspecified atom stereocenters. The number of carbonyl (C=O) groups is 1. The first-order valence-corrected chi connectivity index (χ1v) is 9.81. The predicted octanol–water partition coefficient (Wildman–Crippen LogP) is 5.12. The summed E-state index contributed by atoms with van der Waals surface area (Å²) in [4.78, 5) is 16.6. The van der Waals surface area contributed by atoms with Gasteiger partial charge in [-0.3, -0.25) is 4.79 Å². The lowest BCUT2D eigenvalue weighted by atomic mass is 9.84. The summed E-state index contributed by atoms with van der Waals surface area (Å²) < 4.78 is 0. The number of unbranched alkanes of at least 4 members (excludes halogenated alkanes) is 1. The highest BCUT2D eigenvalue weighted by Crippen LogP contribution is 2.28. The Morgan fingerprint density at radius 2 is 1.62 bits per heavy atom. The summed E-state index contributed by atoms with van der Waals surface area (Å²) in [6, 6.07) is 0. The van der Waals surface area contributed by atoms with Crippen LogP contribution in [-0.4, -0.2) is 49.3 Å². The summed E-state index contributed by atoms with van der Waals surface area (Å²) in [6.07, 6.45) is 8.02. The Balaban J connectivity index is 4.49. The molecule has 0 aromatic rings. The maximum absolute atomic E-state index is 12.0. The summed E-state index contributed by atoms with van der Waals surface area (Å²) in [7, 11) is 4.22. The van der Waals surface area contributed by atoms with Gasteiger partial charge in [0.1, 0.15) is 5.78 Å². The van der Waals surface area contributed by atoms with Crippen LogP contribution in [0.25, 0.3) is 0 Å². The summed E-state index contributed by atoms with van der Waals surface area (Å²) in [6.45, 7) is 16.3. The molecule has 0 saturated carbocycles. The van der Waals surface area contributed by atoms with Crippen molar-refractivity contribution in [2.75, 3.05) is 33.7 Å². The summed E-state index contributed by atoms with van der Waals surface area (Å²) in [5, 5.41) is 0. The van der Waals surface area contributed by atoms with E-state index in [-0.39, 0.29) is 0 Å². The van der Waals surface area contributed by atoms with E-state index < -0.39 is 0 Å².